The van der Waals surface area contributed by atoms with Gasteiger partial charge in [-0.15, -0.1) is 0 Å². The number of hydrogen-bond acceptors (Lipinski definition) is 4. The summed E-state index contributed by atoms with van der Waals surface area (Å²) in [4.78, 5) is 25.1. The molecule has 0 unspecified atom stereocenters. The summed E-state index contributed by atoms with van der Waals surface area (Å²) < 4.78 is 31.6. The molecule has 0 aliphatic heterocycles. The van der Waals surface area contributed by atoms with Gasteiger partial charge in [-0.3, -0.25) is 18.7 Å². The summed E-state index contributed by atoms with van der Waals surface area (Å²) in [7, 11) is -0.553. The molecule has 4 rings (SSSR count). The van der Waals surface area contributed by atoms with Gasteiger partial charge < -0.3 is 5.32 Å². The Morgan fingerprint density at radius 3 is 2.30 bits per heavy atom. The Kier molecular flexibility index (Phi) is 5.59. The Balaban J connectivity index is 1.63. The average Bonchev–Trinajstić information content (AvgIpc) is 2.97. The van der Waals surface area contributed by atoms with Gasteiger partial charge in [-0.1, -0.05) is 18.2 Å². The van der Waals surface area contributed by atoms with E-state index in [9.17, 15) is 18.0 Å². The van der Waals surface area contributed by atoms with Gasteiger partial charge in [-0.25, -0.2) is 13.2 Å². The number of rotatable bonds is 5. The van der Waals surface area contributed by atoms with Crippen LogP contribution in [0, 0.1) is 13.8 Å². The van der Waals surface area contributed by atoms with Crippen molar-refractivity contribution in [3.8, 4) is 0 Å². The van der Waals surface area contributed by atoms with Gasteiger partial charge in [-0.2, -0.15) is 0 Å². The molecule has 2 N–H and O–H groups in total. The van der Waals surface area contributed by atoms with Gasteiger partial charge in [0.25, 0.3) is 15.9 Å². The topological polar surface area (TPSA) is 102 Å². The highest BCUT2D eigenvalue weighted by atomic mass is 32.2. The Bertz CT molecular complexity index is 1570. The lowest BCUT2D eigenvalue weighted by molar-refractivity contribution is 0.102. The largest absolute Gasteiger partial charge is 0.328 e. The maximum atomic E-state index is 13.0. The highest BCUT2D eigenvalue weighted by Crippen LogP contribution is 2.23. The first-order valence-corrected chi connectivity index (χ1v) is 11.7. The minimum absolute atomic E-state index is 0.0255. The summed E-state index contributed by atoms with van der Waals surface area (Å²) in [6.07, 6.45) is 0. The summed E-state index contributed by atoms with van der Waals surface area (Å²) >= 11 is 0. The van der Waals surface area contributed by atoms with E-state index in [2.05, 4.69) is 10.0 Å². The van der Waals surface area contributed by atoms with Crippen LogP contribution in [0.15, 0.2) is 70.4 Å². The number of nitrogens with zero attached hydrogens (tertiary/aromatic N) is 2. The van der Waals surface area contributed by atoms with Gasteiger partial charge in [-0.05, 0) is 67.4 Å². The first kappa shape index (κ1) is 22.3. The molecule has 0 fully saturated rings. The molecule has 0 radical (unpaired) electrons. The van der Waals surface area contributed by atoms with Gasteiger partial charge in [0, 0.05) is 31.0 Å². The maximum Gasteiger partial charge on any atom is 0.328 e. The highest BCUT2D eigenvalue weighted by Gasteiger charge is 2.20. The van der Waals surface area contributed by atoms with Crippen molar-refractivity contribution in [1.82, 2.24) is 9.13 Å². The molecule has 0 atom stereocenters. The minimum Gasteiger partial charge on any atom is -0.322 e. The summed E-state index contributed by atoms with van der Waals surface area (Å²) in [5, 5.41) is 2.78. The first-order chi connectivity index (χ1) is 15.6. The number of fused-ring (bicyclic) bond motifs is 1. The molecule has 0 aliphatic carbocycles. The second-order valence-electron chi connectivity index (χ2n) is 8.01. The molecule has 0 spiro atoms. The number of nitrogens with one attached hydrogen (secondary N) is 2. The van der Waals surface area contributed by atoms with E-state index in [1.54, 1.807) is 69.6 Å². The van der Waals surface area contributed by atoms with E-state index in [1.165, 1.54) is 15.2 Å². The van der Waals surface area contributed by atoms with Crippen molar-refractivity contribution in [3.05, 3.63) is 87.8 Å². The van der Waals surface area contributed by atoms with Crippen molar-refractivity contribution in [2.75, 3.05) is 10.0 Å². The van der Waals surface area contributed by atoms with Crippen LogP contribution in [0.1, 0.15) is 21.5 Å². The fraction of sp³-hybridized carbons (Fsp3) is 0.167. The number of amides is 1. The van der Waals surface area contributed by atoms with E-state index in [0.29, 0.717) is 22.5 Å². The van der Waals surface area contributed by atoms with Crippen molar-refractivity contribution >= 4 is 38.3 Å². The van der Waals surface area contributed by atoms with E-state index < -0.39 is 15.9 Å². The van der Waals surface area contributed by atoms with Crippen LogP contribution >= 0.6 is 0 Å². The van der Waals surface area contributed by atoms with Crippen molar-refractivity contribution in [2.24, 2.45) is 14.1 Å². The molecule has 3 aromatic carbocycles. The first-order valence-electron chi connectivity index (χ1n) is 10.2. The maximum absolute atomic E-state index is 13.0. The normalized spacial score (nSPS) is 11.5. The molecule has 170 valence electrons. The van der Waals surface area contributed by atoms with Crippen molar-refractivity contribution in [3.63, 3.8) is 0 Å². The van der Waals surface area contributed by atoms with Crippen molar-refractivity contribution < 1.29 is 13.2 Å². The summed E-state index contributed by atoms with van der Waals surface area (Å²) in [6.45, 7) is 3.55. The van der Waals surface area contributed by atoms with Gasteiger partial charge >= 0.3 is 5.69 Å². The molecule has 1 heterocycles. The molecule has 1 aromatic heterocycles. The number of carbonyl (C=O) groups excluding carboxylic acids is 1. The Morgan fingerprint density at radius 1 is 0.848 bits per heavy atom. The van der Waals surface area contributed by atoms with Gasteiger partial charge in [0.1, 0.15) is 0 Å². The Morgan fingerprint density at radius 2 is 1.58 bits per heavy atom. The van der Waals surface area contributed by atoms with Crippen LogP contribution in [0.25, 0.3) is 11.0 Å². The number of carbonyl (C=O) groups is 1. The lowest BCUT2D eigenvalue weighted by atomic mass is 10.1. The molecule has 0 aliphatic rings. The standard InChI is InChI=1S/C24H24N4O4S/c1-15-6-5-7-19(12-15)26-33(31,32)22-13-17(9-8-16(22)2)23(29)25-18-10-11-20-21(14-18)28(4)24(30)27(20)3/h5-14,26H,1-4H3,(H,25,29). The van der Waals surface area contributed by atoms with Gasteiger partial charge in [0.05, 0.1) is 15.9 Å². The lowest BCUT2D eigenvalue weighted by Crippen LogP contribution is -2.19. The zero-order valence-electron chi connectivity index (χ0n) is 18.7. The van der Waals surface area contributed by atoms with Gasteiger partial charge in [0.2, 0.25) is 0 Å². The van der Waals surface area contributed by atoms with Crippen LogP contribution in [-0.4, -0.2) is 23.5 Å². The van der Waals surface area contributed by atoms with E-state index >= 15 is 0 Å². The molecule has 0 saturated carbocycles. The minimum atomic E-state index is -3.90. The molecule has 8 nitrogen and oxygen atoms in total. The molecule has 9 heteroatoms. The van der Waals surface area contributed by atoms with Crippen LogP contribution in [0.4, 0.5) is 11.4 Å². The monoisotopic (exact) mass is 464 g/mol. The average molecular weight is 465 g/mol. The molecule has 1 amide bonds. The SMILES string of the molecule is Cc1cccc(NS(=O)(=O)c2cc(C(=O)Nc3ccc4c(c3)n(C)c(=O)n4C)ccc2C)c1. The number of hydrogen-bond donors (Lipinski definition) is 2. The second kappa shape index (κ2) is 8.25. The van der Waals surface area contributed by atoms with E-state index in [0.717, 1.165) is 11.1 Å². The molecular formula is C24H24N4O4S. The van der Waals surface area contributed by atoms with E-state index in [-0.39, 0.29) is 16.1 Å². The molecule has 0 saturated heterocycles. The second-order valence-corrected chi connectivity index (χ2v) is 9.66. The van der Waals surface area contributed by atoms with Crippen molar-refractivity contribution in [2.45, 2.75) is 18.7 Å². The fourth-order valence-corrected chi connectivity index (χ4v) is 5.06. The third-order valence-corrected chi connectivity index (χ3v) is 7.06. The fourth-order valence-electron chi connectivity index (χ4n) is 3.74. The number of anilines is 2. The number of benzene rings is 3. The van der Waals surface area contributed by atoms with Crippen LogP contribution in [0.2, 0.25) is 0 Å². The number of imidazole rings is 1. The van der Waals surface area contributed by atoms with Crippen LogP contribution in [0.5, 0.6) is 0 Å². The molecular weight excluding hydrogens is 440 g/mol. The summed E-state index contributed by atoms with van der Waals surface area (Å²) in [5.74, 6) is -0.456. The third kappa shape index (κ3) is 4.27. The number of aromatic nitrogens is 2. The van der Waals surface area contributed by atoms with Gasteiger partial charge in [0.15, 0.2) is 0 Å². The summed E-state index contributed by atoms with van der Waals surface area (Å²) in [5.41, 5.74) is 3.85. The summed E-state index contributed by atoms with van der Waals surface area (Å²) in [6, 6.07) is 16.7. The number of aryl methyl sites for hydroxylation is 4. The zero-order valence-corrected chi connectivity index (χ0v) is 19.5. The zero-order chi connectivity index (χ0) is 23.9. The Hall–Kier alpha value is -3.85. The quantitative estimate of drug-likeness (QED) is 0.472. The Labute approximate surface area is 191 Å². The predicted octanol–water partition coefficient (Wildman–Crippen LogP) is 3.55. The van der Waals surface area contributed by atoms with E-state index in [4.69, 9.17) is 0 Å². The predicted molar refractivity (Wildman–Crippen MR) is 129 cm³/mol. The van der Waals surface area contributed by atoms with Crippen molar-refractivity contribution in [1.29, 1.82) is 0 Å². The lowest BCUT2D eigenvalue weighted by Gasteiger charge is -2.13. The highest BCUT2D eigenvalue weighted by molar-refractivity contribution is 7.92. The smallest absolute Gasteiger partial charge is 0.322 e. The van der Waals surface area contributed by atoms with Crippen LogP contribution < -0.4 is 15.7 Å². The van der Waals surface area contributed by atoms with E-state index in [1.807, 2.05) is 13.0 Å². The third-order valence-electron chi connectivity index (χ3n) is 5.54. The van der Waals surface area contributed by atoms with Crippen LogP contribution in [0.3, 0.4) is 0 Å². The molecule has 0 bridgehead atoms. The molecule has 33 heavy (non-hydrogen) atoms. The van der Waals surface area contributed by atoms with Crippen LogP contribution in [-0.2, 0) is 24.1 Å². The molecule has 4 aromatic rings. The number of sulfonamides is 1.